The molecule has 0 saturated carbocycles. The maximum absolute atomic E-state index is 11.2. The molecule has 0 unspecified atom stereocenters. The Morgan fingerprint density at radius 2 is 1.75 bits per heavy atom. The van der Waals surface area contributed by atoms with Gasteiger partial charge in [-0.2, -0.15) is 23.7 Å². The maximum atomic E-state index is 11.2. The highest BCUT2D eigenvalue weighted by Gasteiger charge is 2.11. The van der Waals surface area contributed by atoms with E-state index in [1.807, 2.05) is 0 Å². The van der Waals surface area contributed by atoms with Crippen LogP contribution in [-0.2, 0) is 14.9 Å². The lowest BCUT2D eigenvalue weighted by molar-refractivity contribution is -0.114. The molecule has 0 radical (unpaired) electrons. The summed E-state index contributed by atoms with van der Waals surface area (Å²) in [6.07, 6.45) is 4.29. The number of nitrogens with zero attached hydrogens (tertiary/aromatic N) is 3. The molecular formula is C19H18N4O4S. The third kappa shape index (κ3) is 5.18. The van der Waals surface area contributed by atoms with Crippen molar-refractivity contribution in [1.82, 2.24) is 0 Å². The predicted octanol–water partition coefficient (Wildman–Crippen LogP) is 4.34. The van der Waals surface area contributed by atoms with Crippen molar-refractivity contribution >= 4 is 38.7 Å². The topological polar surface area (TPSA) is 121 Å². The third-order valence-corrected chi connectivity index (χ3v) is 4.89. The predicted molar refractivity (Wildman–Crippen MR) is 106 cm³/mol. The van der Waals surface area contributed by atoms with Crippen LogP contribution >= 0.6 is 0 Å². The van der Waals surface area contributed by atoms with E-state index in [4.69, 9.17) is 4.55 Å². The Morgan fingerprint density at radius 3 is 2.39 bits per heavy atom. The lowest BCUT2D eigenvalue weighted by Crippen LogP contribution is -2.08. The molecular weight excluding hydrogens is 380 g/mol. The van der Waals surface area contributed by atoms with Gasteiger partial charge in [0.25, 0.3) is 10.1 Å². The number of azo groups is 1. The molecule has 3 rings (SSSR count). The van der Waals surface area contributed by atoms with Crippen molar-refractivity contribution in [2.75, 3.05) is 5.43 Å². The van der Waals surface area contributed by atoms with Crippen LogP contribution in [0.2, 0.25) is 0 Å². The smallest absolute Gasteiger partial charge is 0.294 e. The van der Waals surface area contributed by atoms with Crippen LogP contribution < -0.4 is 5.43 Å². The summed E-state index contributed by atoms with van der Waals surface area (Å²) >= 11 is 0. The Hall–Kier alpha value is -3.17. The molecule has 28 heavy (non-hydrogen) atoms. The summed E-state index contributed by atoms with van der Waals surface area (Å²) in [5, 5.41) is 12.4. The van der Waals surface area contributed by atoms with Gasteiger partial charge < -0.3 is 0 Å². The first-order valence-corrected chi connectivity index (χ1v) is 9.89. The van der Waals surface area contributed by atoms with E-state index in [0.717, 1.165) is 17.0 Å². The first-order valence-electron chi connectivity index (χ1n) is 8.45. The highest BCUT2D eigenvalue weighted by atomic mass is 32.2. The van der Waals surface area contributed by atoms with Crippen LogP contribution in [0.4, 0.5) is 17.1 Å². The molecule has 8 nitrogen and oxygen atoms in total. The zero-order valence-corrected chi connectivity index (χ0v) is 15.8. The van der Waals surface area contributed by atoms with Gasteiger partial charge in [0.1, 0.15) is 0 Å². The average Bonchev–Trinajstić information content (AvgIpc) is 2.67. The van der Waals surface area contributed by atoms with Crippen molar-refractivity contribution in [2.24, 2.45) is 15.3 Å². The molecule has 0 spiro atoms. The normalized spacial score (nSPS) is 16.1. The molecule has 0 fully saturated rings. The van der Waals surface area contributed by atoms with Gasteiger partial charge in [-0.3, -0.25) is 14.8 Å². The largest absolute Gasteiger partial charge is 0.295 e. The first kappa shape index (κ1) is 19.6. The number of nitrogens with one attached hydrogen (secondary N) is 1. The second-order valence-corrected chi connectivity index (χ2v) is 7.61. The fourth-order valence-electron chi connectivity index (χ4n) is 2.41. The van der Waals surface area contributed by atoms with E-state index in [1.165, 1.54) is 18.2 Å². The lowest BCUT2D eigenvalue weighted by atomic mass is 10.1. The number of carbonyl (C=O) groups is 1. The van der Waals surface area contributed by atoms with Crippen LogP contribution in [-0.4, -0.2) is 24.5 Å². The standard InChI is InChI=1S/C19H18N4O4S/c1-13-2-11-18(28(25,26)27)12-19(13)23-22-15-5-3-14(4-6-15)20-21-16-7-9-17(24)10-8-16/h2-7,9,11-12,20H,8,10H2,1H3,(H,25,26,27). The lowest BCUT2D eigenvalue weighted by Gasteiger charge is -2.06. The van der Waals surface area contributed by atoms with Crippen LogP contribution in [0.1, 0.15) is 18.4 Å². The van der Waals surface area contributed by atoms with Gasteiger partial charge in [0.2, 0.25) is 0 Å². The quantitative estimate of drug-likeness (QED) is 0.441. The van der Waals surface area contributed by atoms with Gasteiger partial charge in [-0.1, -0.05) is 6.07 Å². The molecule has 0 aromatic heterocycles. The molecule has 2 aromatic rings. The van der Waals surface area contributed by atoms with Gasteiger partial charge in [-0.05, 0) is 67.5 Å². The number of anilines is 1. The van der Waals surface area contributed by atoms with E-state index in [2.05, 4.69) is 20.8 Å². The highest BCUT2D eigenvalue weighted by molar-refractivity contribution is 7.85. The number of carbonyl (C=O) groups excluding carboxylic acids is 1. The van der Waals surface area contributed by atoms with Crippen molar-refractivity contribution in [1.29, 1.82) is 0 Å². The summed E-state index contributed by atoms with van der Waals surface area (Å²) in [6.45, 7) is 1.77. The van der Waals surface area contributed by atoms with Gasteiger partial charge in [0, 0.05) is 6.42 Å². The first-order chi connectivity index (χ1) is 13.3. The molecule has 1 aliphatic rings. The molecule has 2 N–H and O–H groups in total. The SMILES string of the molecule is Cc1ccc(S(=O)(=O)O)cc1N=Nc1ccc(NN=C2C=CC(=O)CC2)cc1. The summed E-state index contributed by atoms with van der Waals surface area (Å²) in [4.78, 5) is 10.9. The summed E-state index contributed by atoms with van der Waals surface area (Å²) in [7, 11) is -4.30. The summed E-state index contributed by atoms with van der Waals surface area (Å²) in [5.41, 5.74) is 6.12. The number of hydrogen-bond acceptors (Lipinski definition) is 7. The minimum absolute atomic E-state index is 0.103. The number of allylic oxidation sites excluding steroid dienone is 2. The number of benzene rings is 2. The number of hydrogen-bond donors (Lipinski definition) is 2. The van der Waals surface area contributed by atoms with Crippen molar-refractivity contribution in [3.05, 3.63) is 60.2 Å². The summed E-state index contributed by atoms with van der Waals surface area (Å²) < 4.78 is 31.6. The van der Waals surface area contributed by atoms with Crippen LogP contribution in [0.3, 0.4) is 0 Å². The Labute approximate surface area is 162 Å². The Morgan fingerprint density at radius 1 is 1.00 bits per heavy atom. The van der Waals surface area contributed by atoms with E-state index < -0.39 is 10.1 Å². The summed E-state index contributed by atoms with van der Waals surface area (Å²) in [6, 6.07) is 11.1. The van der Waals surface area contributed by atoms with Gasteiger partial charge in [0.05, 0.1) is 27.7 Å². The van der Waals surface area contributed by atoms with E-state index in [1.54, 1.807) is 43.3 Å². The fourth-order valence-corrected chi connectivity index (χ4v) is 2.91. The third-order valence-electron chi connectivity index (χ3n) is 4.04. The molecule has 1 aliphatic carbocycles. The number of hydrazone groups is 1. The molecule has 0 atom stereocenters. The zero-order valence-electron chi connectivity index (χ0n) is 15.0. The van der Waals surface area contributed by atoms with Crippen LogP contribution in [0.5, 0.6) is 0 Å². The second kappa shape index (κ2) is 8.24. The van der Waals surface area contributed by atoms with E-state index >= 15 is 0 Å². The molecule has 0 aliphatic heterocycles. The van der Waals surface area contributed by atoms with Gasteiger partial charge in [-0.25, -0.2) is 0 Å². The van der Waals surface area contributed by atoms with Gasteiger partial charge in [0.15, 0.2) is 5.78 Å². The van der Waals surface area contributed by atoms with Crippen molar-refractivity contribution in [2.45, 2.75) is 24.7 Å². The van der Waals surface area contributed by atoms with Crippen LogP contribution in [0.15, 0.2) is 74.8 Å². The minimum atomic E-state index is -4.30. The van der Waals surface area contributed by atoms with Crippen molar-refractivity contribution in [3.8, 4) is 0 Å². The molecule has 144 valence electrons. The molecule has 9 heteroatoms. The second-order valence-electron chi connectivity index (χ2n) is 6.18. The van der Waals surface area contributed by atoms with Crippen molar-refractivity contribution in [3.63, 3.8) is 0 Å². The van der Waals surface area contributed by atoms with E-state index in [9.17, 15) is 13.2 Å². The number of aryl methyl sites for hydroxylation is 1. The van der Waals surface area contributed by atoms with E-state index in [0.29, 0.717) is 24.2 Å². The minimum Gasteiger partial charge on any atom is -0.295 e. The fraction of sp³-hybridized carbons (Fsp3) is 0.158. The van der Waals surface area contributed by atoms with Crippen molar-refractivity contribution < 1.29 is 17.8 Å². The number of ketones is 1. The molecule has 0 bridgehead atoms. The average molecular weight is 398 g/mol. The monoisotopic (exact) mass is 398 g/mol. The van der Waals surface area contributed by atoms with Crippen LogP contribution in [0, 0.1) is 6.92 Å². The Bertz CT molecular complexity index is 1090. The van der Waals surface area contributed by atoms with E-state index in [-0.39, 0.29) is 10.7 Å². The summed E-state index contributed by atoms with van der Waals surface area (Å²) in [5.74, 6) is 0.103. The molecule has 0 heterocycles. The number of rotatable bonds is 5. The van der Waals surface area contributed by atoms with Gasteiger partial charge >= 0.3 is 0 Å². The molecule has 0 saturated heterocycles. The zero-order chi connectivity index (χ0) is 20.1. The molecule has 2 aromatic carbocycles. The van der Waals surface area contributed by atoms with Crippen LogP contribution in [0.25, 0.3) is 0 Å². The highest BCUT2D eigenvalue weighted by Crippen LogP contribution is 2.26. The Kier molecular flexibility index (Phi) is 5.76. The van der Waals surface area contributed by atoms with Gasteiger partial charge in [-0.15, -0.1) is 0 Å². The molecule has 0 amide bonds. The Balaban J connectivity index is 1.70. The maximum Gasteiger partial charge on any atom is 0.294 e.